The summed E-state index contributed by atoms with van der Waals surface area (Å²) in [4.78, 5) is 35.2. The van der Waals surface area contributed by atoms with Crippen molar-refractivity contribution in [1.82, 2.24) is 0 Å². The third kappa shape index (κ3) is 39.0. The van der Waals surface area contributed by atoms with Crippen LogP contribution in [0.25, 0.3) is 0 Å². The van der Waals surface area contributed by atoms with Gasteiger partial charge in [0.1, 0.15) is 19.8 Å². The van der Waals surface area contributed by atoms with Crippen LogP contribution < -0.4 is 0 Å². The second kappa shape index (κ2) is 35.2. The van der Waals surface area contributed by atoms with Gasteiger partial charge in [-0.25, -0.2) is 4.57 Å². The Morgan fingerprint density at radius 1 is 0.604 bits per heavy atom. The van der Waals surface area contributed by atoms with E-state index in [9.17, 15) is 19.0 Å². The number of rotatable bonds is 35. The number of unbranched alkanes of at least 4 members (excludes halogenated alkanes) is 9. The fraction of sp³-hybridized carbons (Fsp3) is 0.674. The van der Waals surface area contributed by atoms with Crippen LogP contribution in [0.5, 0.6) is 0 Å². The minimum Gasteiger partial charge on any atom is -0.462 e. The van der Waals surface area contributed by atoms with Crippen LogP contribution in [0, 0.1) is 0 Å². The first-order chi connectivity index (χ1) is 25.5. The van der Waals surface area contributed by atoms with E-state index in [4.69, 9.17) is 18.5 Å². The maximum Gasteiger partial charge on any atom is 0.472 e. The molecule has 0 aliphatic carbocycles. The maximum atomic E-state index is 12.6. The van der Waals surface area contributed by atoms with Gasteiger partial charge < -0.3 is 18.9 Å². The van der Waals surface area contributed by atoms with Crippen molar-refractivity contribution >= 4 is 19.8 Å². The zero-order chi connectivity index (χ0) is 39.3. The number of likely N-dealkylation sites (N-methyl/N-ethyl adjacent to an activating group) is 1. The molecule has 10 heteroatoms. The monoisotopic (exact) mass is 765 g/mol. The quantitative estimate of drug-likeness (QED) is 0.0223. The molecule has 0 aliphatic heterocycles. The molecule has 0 fully saturated rings. The molecule has 0 spiro atoms. The van der Waals surface area contributed by atoms with E-state index >= 15 is 0 Å². The topological polar surface area (TPSA) is 108 Å². The van der Waals surface area contributed by atoms with Crippen molar-refractivity contribution in [3.8, 4) is 0 Å². The highest BCUT2D eigenvalue weighted by atomic mass is 31.2. The molecular weight excluding hydrogens is 689 g/mol. The third-order valence-corrected chi connectivity index (χ3v) is 8.95. The van der Waals surface area contributed by atoms with Crippen molar-refractivity contribution in [2.24, 2.45) is 0 Å². The second-order valence-electron chi connectivity index (χ2n) is 14.3. The Labute approximate surface area is 323 Å². The number of allylic oxidation sites excluding steroid dienone is 12. The van der Waals surface area contributed by atoms with E-state index in [2.05, 4.69) is 86.8 Å². The molecule has 0 aromatic rings. The van der Waals surface area contributed by atoms with Crippen LogP contribution in [-0.2, 0) is 32.7 Å². The number of hydrogen-bond donors (Lipinski definition) is 1. The predicted octanol–water partition coefficient (Wildman–Crippen LogP) is 11.1. The summed E-state index contributed by atoms with van der Waals surface area (Å²) in [6, 6.07) is 0. The molecule has 0 saturated heterocycles. The van der Waals surface area contributed by atoms with Gasteiger partial charge in [-0.15, -0.1) is 0 Å². The summed E-state index contributed by atoms with van der Waals surface area (Å²) in [5.41, 5.74) is 0. The van der Waals surface area contributed by atoms with Crippen LogP contribution in [0.3, 0.4) is 0 Å². The molecule has 0 amide bonds. The van der Waals surface area contributed by atoms with Crippen molar-refractivity contribution in [3.05, 3.63) is 72.9 Å². The Balaban J connectivity index is 4.53. The molecular formula is C43H75NO8P+. The fourth-order valence-corrected chi connectivity index (χ4v) is 5.52. The van der Waals surface area contributed by atoms with Crippen molar-refractivity contribution in [1.29, 1.82) is 0 Å². The molecule has 0 aliphatic rings. The molecule has 1 N–H and O–H groups in total. The standard InChI is InChI=1S/C43H74NO8P/c1-6-8-10-12-14-16-18-20-22-24-25-27-29-31-33-35-42(45)49-39-41(40-51-53(47,48)50-38-37-44(3,4)5)52-43(46)36-34-32-30-28-26-23-21-19-17-15-13-11-9-7-2/h8,10,13-16,19-22,25,27,41H,6-7,9,11-12,17-18,23-24,26,28-40H2,1-5H3/p+1/b10-8-,15-13-,16-14-,21-19-,22-20-,27-25-/t41-/m1/s1. The number of ether oxygens (including phenoxy) is 2. The molecule has 0 rings (SSSR count). The van der Waals surface area contributed by atoms with Gasteiger partial charge in [-0.1, -0.05) is 119 Å². The smallest absolute Gasteiger partial charge is 0.462 e. The van der Waals surface area contributed by atoms with Gasteiger partial charge in [0, 0.05) is 12.8 Å². The average molecular weight is 765 g/mol. The molecule has 0 saturated carbocycles. The van der Waals surface area contributed by atoms with Crippen LogP contribution in [0.2, 0.25) is 0 Å². The summed E-state index contributed by atoms with van der Waals surface area (Å²) in [6.45, 7) is 4.17. The lowest BCUT2D eigenvalue weighted by Crippen LogP contribution is -2.37. The Morgan fingerprint density at radius 2 is 1.08 bits per heavy atom. The van der Waals surface area contributed by atoms with Gasteiger partial charge in [0.2, 0.25) is 0 Å². The first-order valence-electron chi connectivity index (χ1n) is 20.2. The molecule has 0 aromatic carbocycles. The SMILES string of the molecule is CC/C=C\C/C=C\C/C=C\C/C=C\CCCCC(=O)OC[C@H](COP(=O)(O)OCC[N+](C)(C)C)OC(=O)CCCCCCC/C=C\C/C=C\CCCC. The molecule has 9 nitrogen and oxygen atoms in total. The van der Waals surface area contributed by atoms with Gasteiger partial charge in [-0.3, -0.25) is 18.6 Å². The molecule has 53 heavy (non-hydrogen) atoms. The summed E-state index contributed by atoms with van der Waals surface area (Å²) in [6.07, 6.45) is 42.4. The van der Waals surface area contributed by atoms with Gasteiger partial charge in [-0.05, 0) is 77.0 Å². The maximum absolute atomic E-state index is 12.6. The number of carbonyl (C=O) groups excluding carboxylic acids is 2. The van der Waals surface area contributed by atoms with Gasteiger partial charge in [0.15, 0.2) is 6.10 Å². The van der Waals surface area contributed by atoms with E-state index in [0.717, 1.165) is 83.5 Å². The van der Waals surface area contributed by atoms with Crippen molar-refractivity contribution in [2.75, 3.05) is 47.5 Å². The minimum absolute atomic E-state index is 0.0182. The number of phosphoric acid groups is 1. The first-order valence-corrected chi connectivity index (χ1v) is 21.7. The third-order valence-electron chi connectivity index (χ3n) is 7.97. The normalized spacial score (nSPS) is 14.5. The highest BCUT2D eigenvalue weighted by molar-refractivity contribution is 7.47. The van der Waals surface area contributed by atoms with Gasteiger partial charge in [0.05, 0.1) is 27.7 Å². The lowest BCUT2D eigenvalue weighted by atomic mass is 10.1. The summed E-state index contributed by atoms with van der Waals surface area (Å²) in [5, 5.41) is 0. The van der Waals surface area contributed by atoms with Crippen LogP contribution in [0.15, 0.2) is 72.9 Å². The largest absolute Gasteiger partial charge is 0.472 e. The number of phosphoric ester groups is 1. The number of hydrogen-bond acceptors (Lipinski definition) is 7. The van der Waals surface area contributed by atoms with E-state index in [0.29, 0.717) is 23.9 Å². The highest BCUT2D eigenvalue weighted by Gasteiger charge is 2.27. The number of esters is 2. The second-order valence-corrected chi connectivity index (χ2v) is 15.7. The van der Waals surface area contributed by atoms with Crippen molar-refractivity contribution in [2.45, 2.75) is 142 Å². The molecule has 304 valence electrons. The zero-order valence-electron chi connectivity index (χ0n) is 34.0. The zero-order valence-corrected chi connectivity index (χ0v) is 34.9. The van der Waals surface area contributed by atoms with Gasteiger partial charge in [0.25, 0.3) is 0 Å². The van der Waals surface area contributed by atoms with Crippen molar-refractivity contribution in [3.63, 3.8) is 0 Å². The molecule has 0 aromatic heterocycles. The fourth-order valence-electron chi connectivity index (χ4n) is 4.78. The number of nitrogens with zero attached hydrogens (tertiary/aromatic N) is 1. The lowest BCUT2D eigenvalue weighted by Gasteiger charge is -2.24. The Morgan fingerprint density at radius 3 is 1.64 bits per heavy atom. The Bertz CT molecular complexity index is 1140. The average Bonchev–Trinajstić information content (AvgIpc) is 3.10. The minimum atomic E-state index is -4.39. The highest BCUT2D eigenvalue weighted by Crippen LogP contribution is 2.43. The van der Waals surface area contributed by atoms with E-state index < -0.39 is 32.5 Å². The molecule has 0 radical (unpaired) electrons. The van der Waals surface area contributed by atoms with Gasteiger partial charge in [-0.2, -0.15) is 0 Å². The molecule has 0 heterocycles. The predicted molar refractivity (Wildman–Crippen MR) is 219 cm³/mol. The van der Waals surface area contributed by atoms with Gasteiger partial charge >= 0.3 is 19.8 Å². The van der Waals surface area contributed by atoms with E-state index in [1.54, 1.807) is 0 Å². The number of carbonyl (C=O) groups is 2. The summed E-state index contributed by atoms with van der Waals surface area (Å²) < 4.78 is 34.1. The number of quaternary nitrogens is 1. The first kappa shape index (κ1) is 50.5. The molecule has 1 unspecified atom stereocenters. The summed E-state index contributed by atoms with van der Waals surface area (Å²) in [7, 11) is 1.43. The lowest BCUT2D eigenvalue weighted by molar-refractivity contribution is -0.870. The van der Waals surface area contributed by atoms with Crippen LogP contribution >= 0.6 is 7.82 Å². The molecule has 0 bridgehead atoms. The summed E-state index contributed by atoms with van der Waals surface area (Å²) in [5.74, 6) is -0.873. The van der Waals surface area contributed by atoms with Crippen LogP contribution in [-0.4, -0.2) is 74.9 Å². The van der Waals surface area contributed by atoms with E-state index in [-0.39, 0.29) is 26.1 Å². The van der Waals surface area contributed by atoms with Crippen LogP contribution in [0.4, 0.5) is 0 Å². The van der Waals surface area contributed by atoms with Crippen LogP contribution in [0.1, 0.15) is 136 Å². The molecule has 2 atom stereocenters. The van der Waals surface area contributed by atoms with E-state index in [1.807, 2.05) is 21.1 Å². The summed E-state index contributed by atoms with van der Waals surface area (Å²) >= 11 is 0. The van der Waals surface area contributed by atoms with Crippen molar-refractivity contribution < 1.29 is 42.1 Å². The van der Waals surface area contributed by atoms with E-state index in [1.165, 1.54) is 12.8 Å². The Kier molecular flexibility index (Phi) is 33.5. The Hall–Kier alpha value is -2.55.